The van der Waals surface area contributed by atoms with E-state index < -0.39 is 5.41 Å². The molecule has 2 heterocycles. The van der Waals surface area contributed by atoms with Crippen LogP contribution >= 0.6 is 0 Å². The second-order valence-corrected chi connectivity index (χ2v) is 9.89. The minimum absolute atomic E-state index is 0.125. The van der Waals surface area contributed by atoms with Crippen molar-refractivity contribution in [1.82, 2.24) is 9.36 Å². The van der Waals surface area contributed by atoms with Gasteiger partial charge in [-0.2, -0.15) is 0 Å². The van der Waals surface area contributed by atoms with Crippen LogP contribution in [0.5, 0.6) is 5.88 Å². The quantitative estimate of drug-likeness (QED) is 0.696. The van der Waals surface area contributed by atoms with Crippen molar-refractivity contribution in [1.29, 1.82) is 0 Å². The lowest BCUT2D eigenvalue weighted by atomic mass is 9.91. The fourth-order valence-electron chi connectivity index (χ4n) is 3.80. The summed E-state index contributed by atoms with van der Waals surface area (Å²) in [5.74, 6) is -0.0123. The van der Waals surface area contributed by atoms with Crippen LogP contribution in [0.4, 0.5) is 0 Å². The highest BCUT2D eigenvalue weighted by atomic mass is 16.5. The van der Waals surface area contributed by atoms with Gasteiger partial charge in [0.15, 0.2) is 0 Å². The van der Waals surface area contributed by atoms with Crippen molar-refractivity contribution in [3.63, 3.8) is 0 Å². The summed E-state index contributed by atoms with van der Waals surface area (Å²) in [6.07, 6.45) is 1.59. The molecule has 0 saturated heterocycles. The third-order valence-electron chi connectivity index (χ3n) is 5.34. The lowest BCUT2D eigenvalue weighted by Crippen LogP contribution is -2.27. The van der Waals surface area contributed by atoms with Crippen molar-refractivity contribution < 1.29 is 14.3 Å². The number of esters is 1. The fourth-order valence-corrected chi connectivity index (χ4v) is 3.80. The summed E-state index contributed by atoms with van der Waals surface area (Å²) in [5, 5.41) is 0. The molecule has 2 aromatic rings. The topological polar surface area (TPSA) is 88.5 Å². The number of hydrogen-bond donors (Lipinski definition) is 1. The second-order valence-electron chi connectivity index (χ2n) is 9.89. The van der Waals surface area contributed by atoms with E-state index in [1.807, 2.05) is 34.6 Å². The summed E-state index contributed by atoms with van der Waals surface area (Å²) in [6.45, 7) is 17.4. The highest BCUT2D eigenvalue weighted by Gasteiger charge is 2.32. The van der Waals surface area contributed by atoms with Crippen molar-refractivity contribution in [3.05, 3.63) is 39.2 Å². The number of nitrogens with two attached hydrogens (primary N) is 1. The van der Waals surface area contributed by atoms with Crippen molar-refractivity contribution in [2.45, 2.75) is 87.4 Å². The van der Waals surface area contributed by atoms with Crippen LogP contribution in [0.15, 0.2) is 16.9 Å². The molecule has 0 atom stereocenters. The van der Waals surface area contributed by atoms with Crippen molar-refractivity contribution >= 4 is 5.97 Å². The average Bonchev–Trinajstić information content (AvgIpc) is 2.88. The SMILES string of the molecule is CC(C)N.CCc1cc(C)cc(CC)c1-c1c(OC(=O)C(C)(C)C)n2n(c1=O)CCOCC2. The van der Waals surface area contributed by atoms with E-state index in [4.69, 9.17) is 15.2 Å². The van der Waals surface area contributed by atoms with Crippen LogP contribution in [0.2, 0.25) is 0 Å². The third-order valence-corrected chi connectivity index (χ3v) is 5.34. The summed E-state index contributed by atoms with van der Waals surface area (Å²) >= 11 is 0. The lowest BCUT2D eigenvalue weighted by Gasteiger charge is -2.19. The number of aryl methyl sites for hydroxylation is 3. The maximum absolute atomic E-state index is 13.5. The summed E-state index contributed by atoms with van der Waals surface area (Å²) in [7, 11) is 0. The van der Waals surface area contributed by atoms with Crippen LogP contribution in [-0.2, 0) is 35.5 Å². The van der Waals surface area contributed by atoms with Crippen molar-refractivity contribution in [3.8, 4) is 17.0 Å². The molecule has 2 N–H and O–H groups in total. The highest BCUT2D eigenvalue weighted by Crippen LogP contribution is 2.36. The molecule has 1 aromatic carbocycles. The van der Waals surface area contributed by atoms with Gasteiger partial charge in [0.25, 0.3) is 5.56 Å². The zero-order chi connectivity index (χ0) is 24.9. The van der Waals surface area contributed by atoms with E-state index in [2.05, 4.69) is 32.9 Å². The molecule has 0 bridgehead atoms. The maximum Gasteiger partial charge on any atom is 0.317 e. The minimum atomic E-state index is -0.675. The Balaban J connectivity index is 0.000000890. The molecule has 0 amide bonds. The molecule has 0 radical (unpaired) electrons. The Kier molecular flexibility index (Phi) is 9.09. The van der Waals surface area contributed by atoms with Crippen molar-refractivity contribution in [2.75, 3.05) is 13.2 Å². The number of ether oxygens (including phenoxy) is 2. The van der Waals surface area contributed by atoms with Gasteiger partial charge in [0, 0.05) is 0 Å². The molecule has 1 aliphatic rings. The molecule has 1 aliphatic heterocycles. The van der Waals surface area contributed by atoms with Crippen LogP contribution in [0, 0.1) is 12.3 Å². The molecule has 7 nitrogen and oxygen atoms in total. The normalized spacial score (nSPS) is 13.8. The van der Waals surface area contributed by atoms with E-state index in [0.717, 1.165) is 29.5 Å². The number of rotatable bonds is 4. The molecule has 33 heavy (non-hydrogen) atoms. The Morgan fingerprint density at radius 2 is 1.55 bits per heavy atom. The molecule has 0 unspecified atom stereocenters. The van der Waals surface area contributed by atoms with Gasteiger partial charge in [-0.1, -0.05) is 45.4 Å². The van der Waals surface area contributed by atoms with Gasteiger partial charge in [0.2, 0.25) is 5.88 Å². The van der Waals surface area contributed by atoms with Crippen LogP contribution in [0.3, 0.4) is 0 Å². The smallest absolute Gasteiger partial charge is 0.317 e. The van der Waals surface area contributed by atoms with E-state index >= 15 is 0 Å². The predicted octanol–water partition coefficient (Wildman–Crippen LogP) is 4.09. The highest BCUT2D eigenvalue weighted by molar-refractivity contribution is 5.82. The largest absolute Gasteiger partial charge is 0.407 e. The van der Waals surface area contributed by atoms with Gasteiger partial charge in [-0.25, -0.2) is 9.36 Å². The first-order valence-corrected chi connectivity index (χ1v) is 11.9. The molecule has 0 saturated carbocycles. The molecule has 3 rings (SSSR count). The maximum atomic E-state index is 13.5. The van der Waals surface area contributed by atoms with E-state index in [1.54, 1.807) is 9.36 Å². The molecule has 0 fully saturated rings. The Labute approximate surface area is 197 Å². The lowest BCUT2D eigenvalue weighted by molar-refractivity contribution is -0.143. The Hall–Kier alpha value is -2.38. The Morgan fingerprint density at radius 3 is 2.00 bits per heavy atom. The zero-order valence-corrected chi connectivity index (χ0v) is 21.6. The monoisotopic (exact) mass is 459 g/mol. The van der Waals surface area contributed by atoms with Gasteiger partial charge >= 0.3 is 5.97 Å². The third kappa shape index (κ3) is 6.36. The number of hydrogen-bond acceptors (Lipinski definition) is 5. The molecule has 184 valence electrons. The van der Waals surface area contributed by atoms with Crippen molar-refractivity contribution in [2.24, 2.45) is 11.1 Å². The van der Waals surface area contributed by atoms with Gasteiger partial charge in [0.1, 0.15) is 5.56 Å². The minimum Gasteiger partial charge on any atom is -0.407 e. The summed E-state index contributed by atoms with van der Waals surface area (Å²) < 4.78 is 14.9. The number of aromatic nitrogens is 2. The molecule has 0 aliphatic carbocycles. The van der Waals surface area contributed by atoms with Gasteiger partial charge in [-0.3, -0.25) is 9.59 Å². The van der Waals surface area contributed by atoms with E-state index in [1.165, 1.54) is 5.56 Å². The number of carbonyl (C=O) groups excluding carboxylic acids is 1. The van der Waals surface area contributed by atoms with Gasteiger partial charge < -0.3 is 15.2 Å². The second kappa shape index (κ2) is 11.2. The van der Waals surface area contributed by atoms with Crippen LogP contribution in [0.1, 0.15) is 65.2 Å². The first-order valence-electron chi connectivity index (χ1n) is 11.9. The first-order chi connectivity index (χ1) is 15.4. The number of carbonyl (C=O) groups is 1. The van der Waals surface area contributed by atoms with Crippen LogP contribution < -0.4 is 16.0 Å². The van der Waals surface area contributed by atoms with Gasteiger partial charge in [0.05, 0.1) is 31.7 Å². The predicted molar refractivity (Wildman–Crippen MR) is 133 cm³/mol. The summed E-state index contributed by atoms with van der Waals surface area (Å²) in [6, 6.07) is 4.58. The van der Waals surface area contributed by atoms with Gasteiger partial charge in [-0.15, -0.1) is 0 Å². The molecule has 1 aromatic heterocycles. The zero-order valence-electron chi connectivity index (χ0n) is 21.6. The van der Waals surface area contributed by atoms with E-state index in [-0.39, 0.29) is 11.5 Å². The number of fused-ring (bicyclic) bond motifs is 1. The molecular weight excluding hydrogens is 418 g/mol. The van der Waals surface area contributed by atoms with E-state index in [0.29, 0.717) is 43.8 Å². The number of nitrogens with zero attached hydrogens (tertiary/aromatic N) is 2. The Morgan fingerprint density at radius 1 is 1.06 bits per heavy atom. The Bertz CT molecular complexity index is 998. The molecular formula is C26H41N3O4. The van der Waals surface area contributed by atoms with Crippen LogP contribution in [-0.4, -0.2) is 34.6 Å². The van der Waals surface area contributed by atoms with Crippen LogP contribution in [0.25, 0.3) is 11.1 Å². The van der Waals surface area contributed by atoms with E-state index in [9.17, 15) is 9.59 Å². The standard InChI is InChI=1S/C23H32N2O4.C3H9N/c1-7-16-13-15(3)14-17(8-2)18(16)19-20(26)24-9-11-28-12-10-25(24)21(19)29-22(27)23(4,5)6;1-3(2)4/h13-14H,7-12H2,1-6H3;3H,4H2,1-2H3. The first kappa shape index (κ1) is 26.9. The van der Waals surface area contributed by atoms with Gasteiger partial charge in [-0.05, 0) is 63.3 Å². The molecule has 0 spiro atoms. The average molecular weight is 460 g/mol. The molecule has 7 heteroatoms. The summed E-state index contributed by atoms with van der Waals surface area (Å²) in [4.78, 5) is 26.3. The summed E-state index contributed by atoms with van der Waals surface area (Å²) in [5.41, 5.74) is 9.10. The fraction of sp³-hybridized carbons (Fsp3) is 0.615. The number of benzene rings is 1.